The van der Waals surface area contributed by atoms with Gasteiger partial charge in [0.2, 0.25) is 0 Å². The second kappa shape index (κ2) is 6.34. The maximum absolute atomic E-state index is 12.4. The van der Waals surface area contributed by atoms with E-state index in [1.807, 2.05) is 12.1 Å². The third-order valence-electron chi connectivity index (χ3n) is 2.96. The van der Waals surface area contributed by atoms with E-state index in [0.29, 0.717) is 18.5 Å². The summed E-state index contributed by atoms with van der Waals surface area (Å²) in [5.41, 5.74) is 1.51. The van der Waals surface area contributed by atoms with Crippen LogP contribution in [0.25, 0.3) is 0 Å². The zero-order chi connectivity index (χ0) is 14.6. The van der Waals surface area contributed by atoms with Gasteiger partial charge in [0.05, 0.1) is 12.1 Å². The van der Waals surface area contributed by atoms with Crippen LogP contribution >= 0.6 is 11.6 Å². The highest BCUT2D eigenvalue weighted by atomic mass is 35.5. The van der Waals surface area contributed by atoms with Crippen molar-refractivity contribution in [2.75, 3.05) is 13.6 Å². The Hall–Kier alpha value is -1.44. The number of alkyl halides is 1. The molecule has 6 nitrogen and oxygen atoms in total. The van der Waals surface area contributed by atoms with Gasteiger partial charge in [-0.05, 0) is 24.1 Å². The van der Waals surface area contributed by atoms with Crippen LogP contribution in [0.5, 0.6) is 0 Å². The van der Waals surface area contributed by atoms with Gasteiger partial charge in [-0.3, -0.25) is 10.1 Å². The zero-order valence-corrected chi connectivity index (χ0v) is 12.5. The largest absolute Gasteiger partial charge is 0.266 e. The van der Waals surface area contributed by atoms with Gasteiger partial charge < -0.3 is 0 Å². The average Bonchev–Trinajstić information content (AvgIpc) is 2.95. The highest BCUT2D eigenvalue weighted by Gasteiger charge is 2.25. The summed E-state index contributed by atoms with van der Waals surface area (Å²) in [6.45, 7) is 0.368. The van der Waals surface area contributed by atoms with Crippen molar-refractivity contribution in [2.45, 2.75) is 17.3 Å². The number of pyridine rings is 1. The van der Waals surface area contributed by atoms with E-state index in [0.717, 1.165) is 5.56 Å². The highest BCUT2D eigenvalue weighted by molar-refractivity contribution is 7.89. The van der Waals surface area contributed by atoms with Crippen LogP contribution in [-0.2, 0) is 22.3 Å². The fourth-order valence-corrected chi connectivity index (χ4v) is 3.28. The van der Waals surface area contributed by atoms with E-state index in [9.17, 15) is 8.42 Å². The first-order chi connectivity index (χ1) is 9.55. The monoisotopic (exact) mass is 314 g/mol. The summed E-state index contributed by atoms with van der Waals surface area (Å²) >= 11 is 5.71. The Morgan fingerprint density at radius 1 is 1.35 bits per heavy atom. The quantitative estimate of drug-likeness (QED) is 0.818. The van der Waals surface area contributed by atoms with Crippen LogP contribution in [0.4, 0.5) is 0 Å². The van der Waals surface area contributed by atoms with Gasteiger partial charge in [0.1, 0.15) is 0 Å². The Balaban J connectivity index is 2.10. The van der Waals surface area contributed by atoms with Crippen LogP contribution in [-0.4, -0.2) is 41.5 Å². The molecule has 2 aromatic rings. The van der Waals surface area contributed by atoms with E-state index in [4.69, 9.17) is 11.6 Å². The van der Waals surface area contributed by atoms with Gasteiger partial charge in [0.15, 0.2) is 5.03 Å². The number of likely N-dealkylation sites (N-methyl/N-ethyl adjacent to an activating group) is 1. The molecule has 0 saturated heterocycles. The molecule has 0 amide bonds. The second-order valence-corrected chi connectivity index (χ2v) is 6.54. The smallest absolute Gasteiger partial charge is 0.260 e. The number of aromatic amines is 1. The Morgan fingerprint density at radius 3 is 2.70 bits per heavy atom. The molecule has 0 fully saturated rings. The number of nitrogens with zero attached hydrogens (tertiary/aromatic N) is 3. The van der Waals surface area contributed by atoms with Gasteiger partial charge in [-0.25, -0.2) is 8.42 Å². The van der Waals surface area contributed by atoms with E-state index < -0.39 is 10.0 Å². The van der Waals surface area contributed by atoms with Gasteiger partial charge in [0, 0.05) is 31.5 Å². The summed E-state index contributed by atoms with van der Waals surface area (Å²) in [5.74, 6) is 0.100. The van der Waals surface area contributed by atoms with E-state index in [2.05, 4.69) is 15.2 Å². The molecule has 0 saturated carbocycles. The van der Waals surface area contributed by atoms with E-state index in [1.165, 1.54) is 17.5 Å². The Kier molecular flexibility index (Phi) is 4.74. The molecule has 0 aliphatic carbocycles. The molecular formula is C12H15ClN4O2S. The van der Waals surface area contributed by atoms with Crippen molar-refractivity contribution in [1.82, 2.24) is 19.5 Å². The van der Waals surface area contributed by atoms with Crippen molar-refractivity contribution in [3.8, 4) is 0 Å². The molecule has 1 N–H and O–H groups in total. The van der Waals surface area contributed by atoms with Crippen LogP contribution in [0, 0.1) is 0 Å². The van der Waals surface area contributed by atoms with Gasteiger partial charge in [0.25, 0.3) is 10.0 Å². The van der Waals surface area contributed by atoms with E-state index in [-0.39, 0.29) is 10.9 Å². The third kappa shape index (κ3) is 3.17. The standard InChI is InChI=1S/C12H15ClN4O2S/c1-17(7-4-10-2-5-14-6-3-10)20(18,19)12-11(8-13)9-15-16-12/h2-3,5-6,9H,4,7-8H2,1H3,(H,15,16). The number of rotatable bonds is 6. The summed E-state index contributed by atoms with van der Waals surface area (Å²) < 4.78 is 26.0. The first kappa shape index (κ1) is 15.0. The number of aromatic nitrogens is 3. The molecule has 0 radical (unpaired) electrons. The first-order valence-electron chi connectivity index (χ1n) is 5.99. The predicted octanol–water partition coefficient (Wildman–Crippen LogP) is 1.41. The Bertz CT molecular complexity index is 657. The normalized spacial score (nSPS) is 11.9. The SMILES string of the molecule is CN(CCc1ccncc1)S(=O)(=O)c1[nH]ncc1CCl. The summed E-state index contributed by atoms with van der Waals surface area (Å²) in [6.07, 6.45) is 5.41. The number of halogens is 1. The molecule has 2 rings (SSSR count). The third-order valence-corrected chi connectivity index (χ3v) is 5.12. The highest BCUT2D eigenvalue weighted by Crippen LogP contribution is 2.18. The molecule has 2 aromatic heterocycles. The minimum absolute atomic E-state index is 0.0599. The Labute approximate surface area is 122 Å². The fraction of sp³-hybridized carbons (Fsp3) is 0.333. The lowest BCUT2D eigenvalue weighted by molar-refractivity contribution is 0.469. The van der Waals surface area contributed by atoms with Crippen LogP contribution in [0.15, 0.2) is 35.7 Å². The summed E-state index contributed by atoms with van der Waals surface area (Å²) in [7, 11) is -2.06. The molecule has 0 aromatic carbocycles. The van der Waals surface area contributed by atoms with Crippen LogP contribution in [0.1, 0.15) is 11.1 Å². The van der Waals surface area contributed by atoms with Gasteiger partial charge >= 0.3 is 0 Å². The molecule has 0 aliphatic heterocycles. The maximum atomic E-state index is 12.4. The summed E-state index contributed by atoms with van der Waals surface area (Å²) in [5, 5.41) is 6.30. The minimum atomic E-state index is -3.59. The molecule has 0 atom stereocenters. The first-order valence-corrected chi connectivity index (χ1v) is 7.96. The minimum Gasteiger partial charge on any atom is -0.266 e. The van der Waals surface area contributed by atoms with Crippen molar-refractivity contribution in [3.05, 3.63) is 41.9 Å². The molecule has 2 heterocycles. The van der Waals surface area contributed by atoms with Gasteiger partial charge in [-0.1, -0.05) is 0 Å². The van der Waals surface area contributed by atoms with Crippen molar-refractivity contribution in [3.63, 3.8) is 0 Å². The lowest BCUT2D eigenvalue weighted by Gasteiger charge is -2.16. The van der Waals surface area contributed by atoms with E-state index >= 15 is 0 Å². The average molecular weight is 315 g/mol. The predicted molar refractivity (Wildman–Crippen MR) is 75.9 cm³/mol. The lowest BCUT2D eigenvalue weighted by Crippen LogP contribution is -2.30. The summed E-state index contributed by atoms with van der Waals surface area (Å²) in [4.78, 5) is 3.92. The van der Waals surface area contributed by atoms with Crippen LogP contribution in [0.2, 0.25) is 0 Å². The molecule has 0 unspecified atom stereocenters. The van der Waals surface area contributed by atoms with Gasteiger partial charge in [-0.2, -0.15) is 9.40 Å². The second-order valence-electron chi connectivity index (χ2n) is 4.29. The van der Waals surface area contributed by atoms with Gasteiger partial charge in [-0.15, -0.1) is 11.6 Å². The molecule has 0 spiro atoms. The van der Waals surface area contributed by atoms with Crippen molar-refractivity contribution in [2.24, 2.45) is 0 Å². The fourth-order valence-electron chi connectivity index (χ4n) is 1.73. The van der Waals surface area contributed by atoms with E-state index in [1.54, 1.807) is 12.4 Å². The molecule has 20 heavy (non-hydrogen) atoms. The number of hydrogen-bond donors (Lipinski definition) is 1. The van der Waals surface area contributed by atoms with Crippen molar-refractivity contribution < 1.29 is 8.42 Å². The summed E-state index contributed by atoms with van der Waals surface area (Å²) in [6, 6.07) is 3.72. The van der Waals surface area contributed by atoms with Crippen LogP contribution < -0.4 is 0 Å². The van der Waals surface area contributed by atoms with Crippen molar-refractivity contribution in [1.29, 1.82) is 0 Å². The lowest BCUT2D eigenvalue weighted by atomic mass is 10.2. The molecular weight excluding hydrogens is 300 g/mol. The van der Waals surface area contributed by atoms with Crippen LogP contribution in [0.3, 0.4) is 0 Å². The number of nitrogens with one attached hydrogen (secondary N) is 1. The zero-order valence-electron chi connectivity index (χ0n) is 11.0. The topological polar surface area (TPSA) is 79.0 Å². The number of H-pyrrole nitrogens is 1. The maximum Gasteiger partial charge on any atom is 0.260 e. The number of sulfonamides is 1. The number of hydrogen-bond acceptors (Lipinski definition) is 4. The molecule has 0 aliphatic rings. The van der Waals surface area contributed by atoms with Crippen molar-refractivity contribution >= 4 is 21.6 Å². The molecule has 0 bridgehead atoms. The molecule has 8 heteroatoms. The Morgan fingerprint density at radius 2 is 2.05 bits per heavy atom. The molecule has 108 valence electrons.